The minimum absolute atomic E-state index is 0.429. The van der Waals surface area contributed by atoms with E-state index in [9.17, 15) is 9.90 Å². The zero-order valence-electron chi connectivity index (χ0n) is 11.7. The average Bonchev–Trinajstić information content (AvgIpc) is 2.33. The molecule has 0 fully saturated rings. The SMILES string of the molecule is CCN(CC)C(Cc1ccc(C)c(C)c1)C(=O)O. The van der Waals surface area contributed by atoms with E-state index >= 15 is 0 Å². The minimum Gasteiger partial charge on any atom is -0.480 e. The first-order valence-corrected chi connectivity index (χ1v) is 6.52. The molecule has 18 heavy (non-hydrogen) atoms. The number of aliphatic carboxylic acids is 1. The number of hydrogen-bond donors (Lipinski definition) is 1. The summed E-state index contributed by atoms with van der Waals surface area (Å²) in [5.41, 5.74) is 3.56. The molecule has 3 nitrogen and oxygen atoms in total. The maximum Gasteiger partial charge on any atom is 0.321 e. The van der Waals surface area contributed by atoms with Crippen LogP contribution in [0.4, 0.5) is 0 Å². The number of carboxylic acid groups (broad SMARTS) is 1. The first-order chi connectivity index (χ1) is 8.49. The molecule has 3 heteroatoms. The monoisotopic (exact) mass is 249 g/mol. The third kappa shape index (κ3) is 3.57. The molecule has 0 amide bonds. The van der Waals surface area contributed by atoms with Gasteiger partial charge >= 0.3 is 5.97 Å². The molecule has 0 saturated carbocycles. The van der Waals surface area contributed by atoms with Crippen LogP contribution in [0.1, 0.15) is 30.5 Å². The van der Waals surface area contributed by atoms with Gasteiger partial charge in [0.25, 0.3) is 0 Å². The van der Waals surface area contributed by atoms with Crippen molar-refractivity contribution in [2.45, 2.75) is 40.2 Å². The summed E-state index contributed by atoms with van der Waals surface area (Å²) < 4.78 is 0. The van der Waals surface area contributed by atoms with E-state index in [1.165, 1.54) is 11.1 Å². The average molecular weight is 249 g/mol. The molecule has 1 rings (SSSR count). The van der Waals surface area contributed by atoms with Gasteiger partial charge in [0.1, 0.15) is 6.04 Å². The zero-order chi connectivity index (χ0) is 13.7. The molecule has 0 aliphatic carbocycles. The van der Waals surface area contributed by atoms with Crippen molar-refractivity contribution in [3.8, 4) is 0 Å². The molecule has 1 N–H and O–H groups in total. The Bertz CT molecular complexity index is 411. The number of carboxylic acids is 1. The molecule has 0 bridgehead atoms. The molecule has 1 unspecified atom stereocenters. The van der Waals surface area contributed by atoms with Crippen LogP contribution in [0.5, 0.6) is 0 Å². The normalized spacial score (nSPS) is 12.7. The predicted molar refractivity (Wildman–Crippen MR) is 74.0 cm³/mol. The van der Waals surface area contributed by atoms with E-state index in [0.29, 0.717) is 6.42 Å². The molecule has 0 aliphatic heterocycles. The van der Waals surface area contributed by atoms with Gasteiger partial charge in [0.2, 0.25) is 0 Å². The van der Waals surface area contributed by atoms with E-state index in [4.69, 9.17) is 0 Å². The van der Waals surface area contributed by atoms with E-state index in [-0.39, 0.29) is 0 Å². The highest BCUT2D eigenvalue weighted by Crippen LogP contribution is 2.14. The standard InChI is InChI=1S/C15H23NO2/c1-5-16(6-2)14(15(17)18)10-13-8-7-11(3)12(4)9-13/h7-9,14H,5-6,10H2,1-4H3,(H,17,18). The Balaban J connectivity index is 2.89. The van der Waals surface area contributed by atoms with Gasteiger partial charge in [-0.1, -0.05) is 32.0 Å². The van der Waals surface area contributed by atoms with Crippen molar-refractivity contribution in [2.75, 3.05) is 13.1 Å². The molecule has 0 heterocycles. The number of hydrogen-bond acceptors (Lipinski definition) is 2. The van der Waals surface area contributed by atoms with Crippen LogP contribution in [0, 0.1) is 13.8 Å². The van der Waals surface area contributed by atoms with Gasteiger partial charge in [-0.25, -0.2) is 0 Å². The molecule has 1 atom stereocenters. The fraction of sp³-hybridized carbons (Fsp3) is 0.533. The summed E-state index contributed by atoms with van der Waals surface area (Å²) in [7, 11) is 0. The highest BCUT2D eigenvalue weighted by Gasteiger charge is 2.23. The molecule has 100 valence electrons. The Morgan fingerprint density at radius 1 is 1.22 bits per heavy atom. The molecular weight excluding hydrogens is 226 g/mol. The second-order valence-corrected chi connectivity index (χ2v) is 4.70. The van der Waals surface area contributed by atoms with Crippen molar-refractivity contribution in [1.29, 1.82) is 0 Å². The Labute approximate surface area is 109 Å². The van der Waals surface area contributed by atoms with Crippen molar-refractivity contribution in [3.05, 3.63) is 34.9 Å². The summed E-state index contributed by atoms with van der Waals surface area (Å²) >= 11 is 0. The van der Waals surface area contributed by atoms with Crippen molar-refractivity contribution >= 4 is 5.97 Å². The molecule has 1 aromatic carbocycles. The van der Waals surface area contributed by atoms with Crippen LogP contribution >= 0.6 is 0 Å². The van der Waals surface area contributed by atoms with Gasteiger partial charge in [0.15, 0.2) is 0 Å². The summed E-state index contributed by atoms with van der Waals surface area (Å²) in [6.07, 6.45) is 0.568. The Hall–Kier alpha value is -1.35. The lowest BCUT2D eigenvalue weighted by atomic mass is 10.00. The molecular formula is C15H23NO2. The van der Waals surface area contributed by atoms with Crippen LogP contribution in [0.15, 0.2) is 18.2 Å². The van der Waals surface area contributed by atoms with Gasteiger partial charge < -0.3 is 5.11 Å². The zero-order valence-corrected chi connectivity index (χ0v) is 11.7. The van der Waals surface area contributed by atoms with E-state index in [0.717, 1.165) is 18.7 Å². The van der Waals surface area contributed by atoms with Gasteiger partial charge in [-0.15, -0.1) is 0 Å². The molecule has 0 aliphatic rings. The number of carbonyl (C=O) groups is 1. The molecule has 0 aromatic heterocycles. The van der Waals surface area contributed by atoms with Gasteiger partial charge in [-0.2, -0.15) is 0 Å². The lowest BCUT2D eigenvalue weighted by Crippen LogP contribution is -2.42. The highest BCUT2D eigenvalue weighted by molar-refractivity contribution is 5.74. The van der Waals surface area contributed by atoms with Gasteiger partial charge in [0.05, 0.1) is 0 Å². The van der Waals surface area contributed by atoms with Crippen LogP contribution in [0.3, 0.4) is 0 Å². The Kier molecular flexibility index (Phi) is 5.35. The van der Waals surface area contributed by atoms with Crippen molar-refractivity contribution < 1.29 is 9.90 Å². The summed E-state index contributed by atoms with van der Waals surface area (Å²) in [6, 6.07) is 5.75. The molecule has 0 spiro atoms. The summed E-state index contributed by atoms with van der Waals surface area (Å²) in [5, 5.41) is 9.35. The van der Waals surface area contributed by atoms with Gasteiger partial charge in [-0.05, 0) is 50.0 Å². The Morgan fingerprint density at radius 3 is 2.28 bits per heavy atom. The second-order valence-electron chi connectivity index (χ2n) is 4.70. The van der Waals surface area contributed by atoms with E-state index in [1.807, 2.05) is 24.8 Å². The number of likely N-dealkylation sites (N-methyl/N-ethyl adjacent to an activating group) is 1. The summed E-state index contributed by atoms with van der Waals surface area (Å²) in [6.45, 7) is 9.65. The van der Waals surface area contributed by atoms with Crippen molar-refractivity contribution in [1.82, 2.24) is 4.90 Å². The maximum atomic E-state index is 11.4. The minimum atomic E-state index is -0.739. The fourth-order valence-corrected chi connectivity index (χ4v) is 2.19. The lowest BCUT2D eigenvalue weighted by Gasteiger charge is -2.26. The van der Waals surface area contributed by atoms with Crippen LogP contribution in [0.2, 0.25) is 0 Å². The van der Waals surface area contributed by atoms with Crippen molar-refractivity contribution in [2.24, 2.45) is 0 Å². The van der Waals surface area contributed by atoms with Crippen molar-refractivity contribution in [3.63, 3.8) is 0 Å². The Morgan fingerprint density at radius 2 is 1.83 bits per heavy atom. The largest absolute Gasteiger partial charge is 0.480 e. The maximum absolute atomic E-state index is 11.4. The smallest absolute Gasteiger partial charge is 0.321 e. The third-order valence-electron chi connectivity index (χ3n) is 3.54. The summed E-state index contributed by atoms with van der Waals surface area (Å²) in [5.74, 6) is -0.739. The third-order valence-corrected chi connectivity index (χ3v) is 3.54. The van der Waals surface area contributed by atoms with E-state index < -0.39 is 12.0 Å². The molecule has 0 saturated heterocycles. The number of benzene rings is 1. The first kappa shape index (κ1) is 14.7. The second kappa shape index (κ2) is 6.55. The van der Waals surface area contributed by atoms with Crippen LogP contribution < -0.4 is 0 Å². The molecule has 1 aromatic rings. The van der Waals surface area contributed by atoms with Gasteiger partial charge in [0, 0.05) is 0 Å². The quantitative estimate of drug-likeness (QED) is 0.842. The van der Waals surface area contributed by atoms with Gasteiger partial charge in [-0.3, -0.25) is 9.69 Å². The number of aryl methyl sites for hydroxylation is 2. The predicted octanol–water partition coefficient (Wildman–Crippen LogP) is 2.64. The highest BCUT2D eigenvalue weighted by atomic mass is 16.4. The molecule has 0 radical (unpaired) electrons. The van der Waals surface area contributed by atoms with Crippen LogP contribution in [-0.2, 0) is 11.2 Å². The topological polar surface area (TPSA) is 40.5 Å². The van der Waals surface area contributed by atoms with Crippen LogP contribution in [0.25, 0.3) is 0 Å². The number of nitrogens with zero attached hydrogens (tertiary/aromatic N) is 1. The van der Waals surface area contributed by atoms with E-state index in [2.05, 4.69) is 26.0 Å². The first-order valence-electron chi connectivity index (χ1n) is 6.52. The van der Waals surface area contributed by atoms with Crippen LogP contribution in [-0.4, -0.2) is 35.1 Å². The van der Waals surface area contributed by atoms with E-state index in [1.54, 1.807) is 0 Å². The lowest BCUT2D eigenvalue weighted by molar-refractivity contribution is -0.143. The fourth-order valence-electron chi connectivity index (χ4n) is 2.19. The summed E-state index contributed by atoms with van der Waals surface area (Å²) in [4.78, 5) is 13.4. The number of rotatable bonds is 6.